The molecular weight excluding hydrogens is 336 g/mol. The van der Waals surface area contributed by atoms with Crippen molar-refractivity contribution in [2.45, 2.75) is 6.92 Å². The van der Waals surface area contributed by atoms with E-state index < -0.39 is 11.9 Å². The third-order valence-electron chi connectivity index (χ3n) is 2.73. The van der Waals surface area contributed by atoms with Gasteiger partial charge >= 0.3 is 5.97 Å². The van der Waals surface area contributed by atoms with Gasteiger partial charge in [0.25, 0.3) is 5.91 Å². The van der Waals surface area contributed by atoms with Gasteiger partial charge in [-0.25, -0.2) is 0 Å². The molecular formula is C16H13ClN2O3S. The van der Waals surface area contributed by atoms with Gasteiger partial charge in [0.15, 0.2) is 5.11 Å². The second kappa shape index (κ2) is 7.71. The number of amides is 1. The quantitative estimate of drug-likeness (QED) is 0.505. The first-order valence-corrected chi connectivity index (χ1v) is 7.40. The van der Waals surface area contributed by atoms with Crippen LogP contribution in [0.2, 0.25) is 5.02 Å². The first-order chi connectivity index (χ1) is 11.0. The number of esters is 1. The summed E-state index contributed by atoms with van der Waals surface area (Å²) in [6, 6.07) is 13.4. The largest absolute Gasteiger partial charge is 0.426 e. The Morgan fingerprint density at radius 3 is 2.43 bits per heavy atom. The molecule has 0 atom stereocenters. The molecule has 5 nitrogen and oxygen atoms in total. The summed E-state index contributed by atoms with van der Waals surface area (Å²) in [7, 11) is 0. The maximum atomic E-state index is 12.3. The Hall–Kier alpha value is -2.44. The molecule has 2 aromatic rings. The fourth-order valence-electron chi connectivity index (χ4n) is 1.78. The van der Waals surface area contributed by atoms with Crippen molar-refractivity contribution in [3.63, 3.8) is 0 Å². The molecule has 0 aliphatic carbocycles. The predicted molar refractivity (Wildman–Crippen MR) is 92.9 cm³/mol. The van der Waals surface area contributed by atoms with Gasteiger partial charge in [0.1, 0.15) is 5.75 Å². The summed E-state index contributed by atoms with van der Waals surface area (Å²) in [5, 5.41) is 5.91. The zero-order valence-corrected chi connectivity index (χ0v) is 13.7. The predicted octanol–water partition coefficient (Wildman–Crippen LogP) is 3.39. The van der Waals surface area contributed by atoms with Crippen LogP contribution in [0.4, 0.5) is 5.69 Å². The molecule has 2 N–H and O–H groups in total. The molecule has 0 unspecified atom stereocenters. The normalized spacial score (nSPS) is 9.83. The Morgan fingerprint density at radius 1 is 1.09 bits per heavy atom. The van der Waals surface area contributed by atoms with E-state index in [2.05, 4.69) is 10.6 Å². The van der Waals surface area contributed by atoms with E-state index in [1.165, 1.54) is 19.1 Å². The lowest BCUT2D eigenvalue weighted by Gasteiger charge is -2.12. The third kappa shape index (κ3) is 4.77. The zero-order valence-electron chi connectivity index (χ0n) is 12.1. The van der Waals surface area contributed by atoms with Gasteiger partial charge in [-0.1, -0.05) is 35.9 Å². The highest BCUT2D eigenvalue weighted by atomic mass is 35.5. The van der Waals surface area contributed by atoms with E-state index in [0.29, 0.717) is 10.7 Å². The lowest BCUT2D eigenvalue weighted by Crippen LogP contribution is -2.34. The number of rotatable bonds is 3. The molecule has 0 aliphatic heterocycles. The Labute approximate surface area is 143 Å². The van der Waals surface area contributed by atoms with E-state index in [-0.39, 0.29) is 16.4 Å². The fourth-order valence-corrected chi connectivity index (χ4v) is 2.17. The summed E-state index contributed by atoms with van der Waals surface area (Å²) >= 11 is 11.1. The highest BCUT2D eigenvalue weighted by Crippen LogP contribution is 2.21. The van der Waals surface area contributed by atoms with Crippen molar-refractivity contribution in [2.75, 3.05) is 5.32 Å². The SMILES string of the molecule is CC(=O)Oc1ccccc1C(=O)NC(=S)Nc1ccccc1Cl. The first kappa shape index (κ1) is 16.9. The highest BCUT2D eigenvalue weighted by Gasteiger charge is 2.15. The van der Waals surface area contributed by atoms with Crippen LogP contribution in [0.5, 0.6) is 5.75 Å². The van der Waals surface area contributed by atoms with Crippen LogP contribution in [-0.2, 0) is 4.79 Å². The fraction of sp³-hybridized carbons (Fsp3) is 0.0625. The summed E-state index contributed by atoms with van der Waals surface area (Å²) in [5.41, 5.74) is 0.777. The second-order valence-electron chi connectivity index (χ2n) is 4.48. The number of para-hydroxylation sites is 2. The van der Waals surface area contributed by atoms with Gasteiger partial charge in [-0.3, -0.25) is 14.9 Å². The molecule has 0 saturated carbocycles. The number of thiocarbonyl (C=S) groups is 1. The van der Waals surface area contributed by atoms with E-state index in [9.17, 15) is 9.59 Å². The Balaban J connectivity index is 2.09. The zero-order chi connectivity index (χ0) is 16.8. The van der Waals surface area contributed by atoms with E-state index in [4.69, 9.17) is 28.6 Å². The van der Waals surface area contributed by atoms with E-state index >= 15 is 0 Å². The molecule has 0 bridgehead atoms. The van der Waals surface area contributed by atoms with Crippen molar-refractivity contribution in [1.29, 1.82) is 0 Å². The van der Waals surface area contributed by atoms with Crippen molar-refractivity contribution in [3.8, 4) is 5.75 Å². The monoisotopic (exact) mass is 348 g/mol. The van der Waals surface area contributed by atoms with Gasteiger partial charge in [-0.15, -0.1) is 0 Å². The molecule has 0 aliphatic rings. The van der Waals surface area contributed by atoms with Crippen LogP contribution in [0.3, 0.4) is 0 Å². The van der Waals surface area contributed by atoms with Gasteiger partial charge in [-0.2, -0.15) is 0 Å². The lowest BCUT2D eigenvalue weighted by atomic mass is 10.2. The Kier molecular flexibility index (Phi) is 5.67. The maximum Gasteiger partial charge on any atom is 0.308 e. The molecule has 23 heavy (non-hydrogen) atoms. The molecule has 118 valence electrons. The average Bonchev–Trinajstić information content (AvgIpc) is 2.49. The van der Waals surface area contributed by atoms with Gasteiger partial charge < -0.3 is 10.1 Å². The number of hydrogen-bond donors (Lipinski definition) is 2. The molecule has 0 spiro atoms. The van der Waals surface area contributed by atoms with Crippen LogP contribution >= 0.6 is 23.8 Å². The number of halogens is 1. The molecule has 2 rings (SSSR count). The van der Waals surface area contributed by atoms with Crippen molar-refractivity contribution in [3.05, 3.63) is 59.1 Å². The second-order valence-corrected chi connectivity index (χ2v) is 5.29. The van der Waals surface area contributed by atoms with Crippen LogP contribution in [0.15, 0.2) is 48.5 Å². The van der Waals surface area contributed by atoms with Gasteiger partial charge in [0.2, 0.25) is 0 Å². The summed E-state index contributed by atoms with van der Waals surface area (Å²) in [6.07, 6.45) is 0. The number of ether oxygens (including phenoxy) is 1. The van der Waals surface area contributed by atoms with Gasteiger partial charge in [0, 0.05) is 6.92 Å². The summed E-state index contributed by atoms with van der Waals surface area (Å²) < 4.78 is 5.00. The van der Waals surface area contributed by atoms with Gasteiger partial charge in [-0.05, 0) is 36.5 Å². The number of carbonyl (C=O) groups excluding carboxylic acids is 2. The van der Waals surface area contributed by atoms with Crippen molar-refractivity contribution >= 4 is 46.5 Å². The van der Waals surface area contributed by atoms with Crippen LogP contribution in [-0.4, -0.2) is 17.0 Å². The summed E-state index contributed by atoms with van der Waals surface area (Å²) in [6.45, 7) is 1.26. The first-order valence-electron chi connectivity index (χ1n) is 6.61. The summed E-state index contributed by atoms with van der Waals surface area (Å²) in [5.74, 6) is -0.841. The van der Waals surface area contributed by atoms with E-state index in [0.717, 1.165) is 0 Å². The van der Waals surface area contributed by atoms with Crippen molar-refractivity contribution < 1.29 is 14.3 Å². The molecule has 0 aromatic heterocycles. The highest BCUT2D eigenvalue weighted by molar-refractivity contribution is 7.80. The number of anilines is 1. The lowest BCUT2D eigenvalue weighted by molar-refractivity contribution is -0.131. The minimum atomic E-state index is -0.512. The minimum Gasteiger partial charge on any atom is -0.426 e. The molecule has 7 heteroatoms. The number of hydrogen-bond acceptors (Lipinski definition) is 4. The maximum absolute atomic E-state index is 12.3. The van der Waals surface area contributed by atoms with Crippen molar-refractivity contribution in [1.82, 2.24) is 5.32 Å². The van der Waals surface area contributed by atoms with Crippen LogP contribution in [0.25, 0.3) is 0 Å². The van der Waals surface area contributed by atoms with Crippen LogP contribution in [0, 0.1) is 0 Å². The van der Waals surface area contributed by atoms with Crippen LogP contribution < -0.4 is 15.4 Å². The topological polar surface area (TPSA) is 67.4 Å². The minimum absolute atomic E-state index is 0.0840. The van der Waals surface area contributed by atoms with Crippen LogP contribution in [0.1, 0.15) is 17.3 Å². The molecule has 0 radical (unpaired) electrons. The summed E-state index contributed by atoms with van der Waals surface area (Å²) in [4.78, 5) is 23.4. The third-order valence-corrected chi connectivity index (χ3v) is 3.27. The number of nitrogens with one attached hydrogen (secondary N) is 2. The molecule has 0 saturated heterocycles. The molecule has 1 amide bonds. The number of carbonyl (C=O) groups is 2. The van der Waals surface area contributed by atoms with E-state index in [1.807, 2.05) is 0 Å². The van der Waals surface area contributed by atoms with E-state index in [1.54, 1.807) is 36.4 Å². The van der Waals surface area contributed by atoms with Gasteiger partial charge in [0.05, 0.1) is 16.3 Å². The average molecular weight is 349 g/mol. The Morgan fingerprint density at radius 2 is 1.74 bits per heavy atom. The molecule has 0 fully saturated rings. The number of benzene rings is 2. The Bertz CT molecular complexity index is 764. The van der Waals surface area contributed by atoms with Crippen molar-refractivity contribution in [2.24, 2.45) is 0 Å². The smallest absolute Gasteiger partial charge is 0.308 e. The molecule has 0 heterocycles. The molecule has 2 aromatic carbocycles. The standard InChI is InChI=1S/C16H13ClN2O3S/c1-10(20)22-14-9-5-2-6-11(14)15(21)19-16(23)18-13-8-4-3-7-12(13)17/h2-9H,1H3,(H2,18,19,21,23).